The monoisotopic (exact) mass is 169 g/mol. The number of aromatic nitrogens is 2. The standard InChI is InChI=1S/C8H14N4/c9-6-10-4-2-1-3-8-5-11-7-12-8/h5-7H,1-4H2,(H2,9,10)(H,11,12)/i7D/hD2. The first-order valence-corrected chi connectivity index (χ1v) is 3.93. The molecular weight excluding hydrogens is 152 g/mol. The summed E-state index contributed by atoms with van der Waals surface area (Å²) in [6, 6.07) is 0. The first kappa shape index (κ1) is 5.35. The first-order chi connectivity index (χ1) is 7.13. The lowest BCUT2D eigenvalue weighted by molar-refractivity contribution is 0.705. The van der Waals surface area contributed by atoms with Crippen molar-refractivity contribution in [3.63, 3.8) is 0 Å². The van der Waals surface area contributed by atoms with Crippen LogP contribution in [0.5, 0.6) is 0 Å². The second-order valence-electron chi connectivity index (χ2n) is 2.45. The van der Waals surface area contributed by atoms with Gasteiger partial charge in [0, 0.05) is 12.7 Å². The lowest BCUT2D eigenvalue weighted by Crippen LogP contribution is -2.11. The number of aryl methyl sites for hydroxylation is 1. The topological polar surface area (TPSA) is 64.6 Å². The van der Waals surface area contributed by atoms with Gasteiger partial charge in [0.1, 0.15) is 1.37 Å². The molecule has 3 N–H and O–H groups in total. The van der Waals surface area contributed by atoms with Crippen molar-refractivity contribution in [1.82, 2.24) is 15.3 Å². The zero-order valence-electron chi connectivity index (χ0n) is 9.82. The SMILES string of the molecule is [2H]c1nc(CCCCN([2H])C=N)cn1[2H]. The molecule has 0 aliphatic heterocycles. The highest BCUT2D eigenvalue weighted by Gasteiger charge is 1.93. The highest BCUT2D eigenvalue weighted by molar-refractivity contribution is 5.49. The van der Waals surface area contributed by atoms with E-state index in [1.807, 2.05) is 0 Å². The molecule has 1 heterocycles. The van der Waals surface area contributed by atoms with E-state index >= 15 is 0 Å². The van der Waals surface area contributed by atoms with Crippen LogP contribution in [0.3, 0.4) is 0 Å². The average molecular weight is 169 g/mol. The van der Waals surface area contributed by atoms with Crippen molar-refractivity contribution >= 4 is 6.34 Å². The van der Waals surface area contributed by atoms with Crippen LogP contribution < -0.4 is 5.31 Å². The Labute approximate surface area is 76.3 Å². The summed E-state index contributed by atoms with van der Waals surface area (Å²) in [6.07, 6.45) is 4.81. The van der Waals surface area contributed by atoms with E-state index in [0.29, 0.717) is 13.0 Å². The van der Waals surface area contributed by atoms with Crippen LogP contribution in [0.25, 0.3) is 0 Å². The van der Waals surface area contributed by atoms with E-state index < -0.39 is 0 Å². The van der Waals surface area contributed by atoms with Gasteiger partial charge in [-0.2, -0.15) is 0 Å². The minimum Gasteiger partial charge on any atom is -0.377 e. The Kier molecular flexibility index (Phi) is 2.38. The van der Waals surface area contributed by atoms with Crippen LogP contribution in [0.2, 0.25) is 2.82 Å². The Hall–Kier alpha value is -1.32. The predicted octanol–water partition coefficient (Wildman–Crippen LogP) is 0.929. The molecule has 0 unspecified atom stereocenters. The molecule has 1 rings (SSSR count). The van der Waals surface area contributed by atoms with Gasteiger partial charge in [-0.1, -0.05) is 0 Å². The Morgan fingerprint density at radius 1 is 1.92 bits per heavy atom. The van der Waals surface area contributed by atoms with Gasteiger partial charge < -0.3 is 10.3 Å². The van der Waals surface area contributed by atoms with Gasteiger partial charge in [-0.15, -0.1) is 0 Å². The Morgan fingerprint density at radius 2 is 2.83 bits per heavy atom. The number of aromatic amines is 1. The van der Waals surface area contributed by atoms with Crippen LogP contribution in [0, 0.1) is 5.41 Å². The largest absolute Gasteiger partial charge is 0.377 e. The maximum absolute atomic E-state index is 7.22. The molecule has 1 aromatic rings. The van der Waals surface area contributed by atoms with Crippen molar-refractivity contribution in [2.75, 3.05) is 6.54 Å². The summed E-state index contributed by atoms with van der Waals surface area (Å²) in [5.41, 5.74) is 0.737. The minimum atomic E-state index is -0.0494. The number of nitrogens with one attached hydrogen (secondary N) is 3. The highest BCUT2D eigenvalue weighted by atomic mass is 14.9. The summed E-state index contributed by atoms with van der Waals surface area (Å²) < 4.78 is 21.6. The minimum absolute atomic E-state index is 0.0494. The molecule has 1 aromatic heterocycles. The molecule has 66 valence electrons. The van der Waals surface area contributed by atoms with E-state index in [1.54, 1.807) is 0 Å². The molecule has 0 aromatic carbocycles. The first-order valence-electron chi connectivity index (χ1n) is 5.33. The van der Waals surface area contributed by atoms with Crippen LogP contribution in [-0.2, 0) is 6.42 Å². The molecule has 4 heteroatoms. The fraction of sp³-hybridized carbons (Fsp3) is 0.500. The van der Waals surface area contributed by atoms with Crippen LogP contribution in [0.15, 0.2) is 12.5 Å². The van der Waals surface area contributed by atoms with E-state index in [2.05, 4.69) is 4.98 Å². The number of rotatable bonds is 6. The van der Waals surface area contributed by atoms with Crippen LogP contribution in [0.4, 0.5) is 0 Å². The number of nitrogens with zero attached hydrogens (tertiary/aromatic N) is 1. The molecule has 12 heavy (non-hydrogen) atoms. The molecule has 0 bridgehead atoms. The number of imidazole rings is 1. The fourth-order valence-corrected chi connectivity index (χ4v) is 0.920. The fourth-order valence-electron chi connectivity index (χ4n) is 0.920. The summed E-state index contributed by atoms with van der Waals surface area (Å²) in [5.74, 6) is 0. The predicted molar refractivity (Wildman–Crippen MR) is 48.3 cm³/mol. The smallest absolute Gasteiger partial charge is 0.167 e. The van der Waals surface area contributed by atoms with Crippen molar-refractivity contribution < 1.29 is 4.19 Å². The molecule has 0 amide bonds. The van der Waals surface area contributed by atoms with E-state index in [9.17, 15) is 0 Å². The summed E-state index contributed by atoms with van der Waals surface area (Å²) >= 11 is 0. The Bertz CT molecular complexity index is 306. The zero-order chi connectivity index (χ0) is 11.3. The van der Waals surface area contributed by atoms with Crippen LogP contribution >= 0.6 is 0 Å². The number of unbranched alkanes of at least 4 members (excludes halogenated alkanes) is 1. The van der Waals surface area contributed by atoms with Crippen LogP contribution in [-0.4, -0.2) is 22.8 Å². The molecule has 4 nitrogen and oxygen atoms in total. The van der Waals surface area contributed by atoms with Crippen molar-refractivity contribution in [3.05, 3.63) is 18.2 Å². The second-order valence-corrected chi connectivity index (χ2v) is 2.45. The van der Waals surface area contributed by atoms with E-state index in [1.165, 1.54) is 6.20 Å². The van der Waals surface area contributed by atoms with Crippen molar-refractivity contribution in [2.45, 2.75) is 19.3 Å². The van der Waals surface area contributed by atoms with E-state index in [0.717, 1.165) is 35.2 Å². The Balaban J connectivity index is 2.23. The quantitative estimate of drug-likeness (QED) is 0.337. The van der Waals surface area contributed by atoms with Gasteiger partial charge in [0.05, 0.1) is 18.3 Å². The highest BCUT2D eigenvalue weighted by Crippen LogP contribution is 1.98. The average Bonchev–Trinajstić information content (AvgIpc) is 2.53. The van der Waals surface area contributed by atoms with Crippen molar-refractivity contribution in [1.29, 1.82) is 5.41 Å². The van der Waals surface area contributed by atoms with Gasteiger partial charge in [0.15, 0.2) is 2.82 Å². The van der Waals surface area contributed by atoms with E-state index in [-0.39, 0.29) is 6.30 Å². The lowest BCUT2D eigenvalue weighted by Gasteiger charge is -1.97. The van der Waals surface area contributed by atoms with Gasteiger partial charge in [-0.25, -0.2) is 4.98 Å². The van der Waals surface area contributed by atoms with Crippen LogP contribution in [0.1, 0.15) is 19.9 Å². The molecule has 0 spiro atoms. The van der Waals surface area contributed by atoms with Crippen molar-refractivity contribution in [2.24, 2.45) is 0 Å². The molecule has 0 fully saturated rings. The van der Waals surface area contributed by atoms with Gasteiger partial charge in [-0.05, 0) is 19.3 Å². The summed E-state index contributed by atoms with van der Waals surface area (Å²) in [4.78, 5) is 4.82. The lowest BCUT2D eigenvalue weighted by atomic mass is 10.2. The molecule has 0 aliphatic rings. The third-order valence-corrected chi connectivity index (χ3v) is 1.53. The third-order valence-electron chi connectivity index (χ3n) is 1.53. The molecule has 0 atom stereocenters. The number of hydrogen-bond donors (Lipinski definition) is 3. The van der Waals surface area contributed by atoms with Gasteiger partial charge >= 0.3 is 0 Å². The maximum atomic E-state index is 7.22. The van der Waals surface area contributed by atoms with Crippen molar-refractivity contribution in [3.8, 4) is 0 Å². The number of hydrogen-bond acceptors (Lipinski definition) is 2. The second kappa shape index (κ2) is 5.35. The Morgan fingerprint density at radius 3 is 3.50 bits per heavy atom. The molecule has 0 aliphatic carbocycles. The van der Waals surface area contributed by atoms with Gasteiger partial charge in [-0.3, -0.25) is 5.41 Å². The molecular formula is C8H14N4. The third kappa shape index (κ3) is 3.18. The van der Waals surface area contributed by atoms with E-state index in [4.69, 9.17) is 9.60 Å². The summed E-state index contributed by atoms with van der Waals surface area (Å²) in [5, 5.41) is 7.86. The van der Waals surface area contributed by atoms with Gasteiger partial charge in [0.2, 0.25) is 0 Å². The zero-order valence-corrected chi connectivity index (χ0v) is 6.82. The number of H-pyrrole nitrogens is 1. The maximum Gasteiger partial charge on any atom is 0.167 e. The normalized spacial score (nSPS) is 13.2. The molecule has 0 radical (unpaired) electrons. The molecule has 0 saturated carbocycles. The van der Waals surface area contributed by atoms with Gasteiger partial charge in [0.25, 0.3) is 0 Å². The summed E-state index contributed by atoms with van der Waals surface area (Å²) in [6.45, 7) is 0.527. The summed E-state index contributed by atoms with van der Waals surface area (Å²) in [7, 11) is 0. The molecule has 0 saturated heterocycles.